The highest BCUT2D eigenvalue weighted by Crippen LogP contribution is 2.36. The normalized spacial score (nSPS) is 17.2. The molecular formula is C28H29NO7S2. The first-order valence-corrected chi connectivity index (χ1v) is 15.1. The van der Waals surface area contributed by atoms with Gasteiger partial charge in [0.05, 0.1) is 28.3 Å². The number of ketones is 1. The van der Waals surface area contributed by atoms with E-state index in [1.54, 1.807) is 36.4 Å². The van der Waals surface area contributed by atoms with Crippen molar-refractivity contribution in [3.8, 4) is 10.8 Å². The third kappa shape index (κ3) is 6.31. The zero-order valence-corrected chi connectivity index (χ0v) is 22.4. The van der Waals surface area contributed by atoms with Gasteiger partial charge in [0, 0.05) is 19.1 Å². The number of benzene rings is 2. The molecule has 1 saturated carbocycles. The Hall–Kier alpha value is -3.08. The molecule has 0 spiro atoms. The summed E-state index contributed by atoms with van der Waals surface area (Å²) in [6.45, 7) is 1.36. The molecule has 5 rings (SSSR count). The summed E-state index contributed by atoms with van der Waals surface area (Å²) in [4.78, 5) is 29.5. The van der Waals surface area contributed by atoms with Crippen LogP contribution in [0.1, 0.15) is 59.0 Å². The molecule has 10 heteroatoms. The number of carbonyl (C=O) groups is 2. The third-order valence-electron chi connectivity index (χ3n) is 7.03. The summed E-state index contributed by atoms with van der Waals surface area (Å²) in [5.74, 6) is -0.673. The van der Waals surface area contributed by atoms with Gasteiger partial charge in [-0.2, -0.15) is 0 Å². The summed E-state index contributed by atoms with van der Waals surface area (Å²) in [5.41, 5.74) is 0.934. The van der Waals surface area contributed by atoms with Crippen LogP contribution in [-0.4, -0.2) is 48.7 Å². The number of carbonyl (C=O) groups excluding carboxylic acids is 1. The van der Waals surface area contributed by atoms with Crippen LogP contribution in [0.2, 0.25) is 0 Å². The van der Waals surface area contributed by atoms with E-state index in [0.29, 0.717) is 59.1 Å². The monoisotopic (exact) mass is 555 g/mol. The van der Waals surface area contributed by atoms with Crippen LogP contribution < -0.4 is 4.74 Å². The number of ether oxygens (including phenoxy) is 2. The number of hydrogen-bond donors (Lipinski definition) is 1. The number of Topliss-reactive ketones (excluding diaryl/α,β-unsaturated/α-hetero) is 1. The summed E-state index contributed by atoms with van der Waals surface area (Å²) in [5, 5.41) is 9.97. The standard InChI is InChI=1S/C28H29NO7S2/c30-25(16-26-29-17-27(37-26)36-21-3-1-2-20(15-21)28(31)32)24(14-18-10-12-35-13-11-18)19-4-6-22(7-5-19)38(33,34)23-8-9-23/h1-7,15,17-18,23-24H,8-14,16H2,(H,31,32)/t24-/m1/s1. The summed E-state index contributed by atoms with van der Waals surface area (Å²) >= 11 is 1.24. The maximum atomic E-state index is 13.6. The number of rotatable bonds is 11. The van der Waals surface area contributed by atoms with Crippen molar-refractivity contribution in [1.29, 1.82) is 0 Å². The molecule has 1 saturated heterocycles. The van der Waals surface area contributed by atoms with Crippen molar-refractivity contribution in [2.24, 2.45) is 5.92 Å². The molecule has 2 fully saturated rings. The largest absolute Gasteiger partial charge is 0.478 e. The Balaban J connectivity index is 1.31. The summed E-state index contributed by atoms with van der Waals surface area (Å²) in [6.07, 6.45) is 5.53. The van der Waals surface area contributed by atoms with Crippen molar-refractivity contribution in [1.82, 2.24) is 4.98 Å². The fourth-order valence-corrected chi connectivity index (χ4v) is 7.19. The van der Waals surface area contributed by atoms with Gasteiger partial charge in [0.2, 0.25) is 5.06 Å². The molecule has 2 aromatic carbocycles. The van der Waals surface area contributed by atoms with E-state index in [-0.39, 0.29) is 28.9 Å². The number of aromatic carboxylic acids is 1. The van der Waals surface area contributed by atoms with Crippen LogP contribution in [0.5, 0.6) is 10.8 Å². The number of thiazole rings is 1. The first kappa shape index (κ1) is 26.5. The molecule has 0 bridgehead atoms. The highest BCUT2D eigenvalue weighted by Gasteiger charge is 2.37. The smallest absolute Gasteiger partial charge is 0.335 e. The molecule has 38 heavy (non-hydrogen) atoms. The van der Waals surface area contributed by atoms with E-state index in [1.165, 1.54) is 29.7 Å². The lowest BCUT2D eigenvalue weighted by atomic mass is 9.82. The fraction of sp³-hybridized carbons (Fsp3) is 0.393. The second-order valence-corrected chi connectivity index (χ2v) is 13.1. The Bertz CT molecular complexity index is 1400. The number of hydrogen-bond acceptors (Lipinski definition) is 8. The molecule has 1 aromatic heterocycles. The Kier molecular flexibility index (Phi) is 7.92. The van der Waals surface area contributed by atoms with Crippen LogP contribution >= 0.6 is 11.3 Å². The minimum atomic E-state index is -3.29. The lowest BCUT2D eigenvalue weighted by Gasteiger charge is -2.26. The molecule has 3 aromatic rings. The Labute approximate surface area is 225 Å². The van der Waals surface area contributed by atoms with Crippen LogP contribution in [0.3, 0.4) is 0 Å². The summed E-state index contributed by atoms with van der Waals surface area (Å²) in [6, 6.07) is 13.0. The lowest BCUT2D eigenvalue weighted by Crippen LogP contribution is -2.23. The van der Waals surface area contributed by atoms with Gasteiger partial charge in [-0.1, -0.05) is 29.5 Å². The summed E-state index contributed by atoms with van der Waals surface area (Å²) < 4.78 is 36.5. The van der Waals surface area contributed by atoms with Gasteiger partial charge in [-0.25, -0.2) is 18.2 Å². The van der Waals surface area contributed by atoms with Crippen LogP contribution in [0.25, 0.3) is 0 Å². The van der Waals surface area contributed by atoms with E-state index in [9.17, 15) is 23.1 Å². The van der Waals surface area contributed by atoms with E-state index in [1.807, 2.05) is 0 Å². The maximum Gasteiger partial charge on any atom is 0.335 e. The number of carboxylic acid groups (broad SMARTS) is 1. The van der Waals surface area contributed by atoms with E-state index in [0.717, 1.165) is 18.4 Å². The average molecular weight is 556 g/mol. The van der Waals surface area contributed by atoms with Gasteiger partial charge in [-0.05, 0) is 73.9 Å². The molecule has 1 N–H and O–H groups in total. The zero-order valence-electron chi connectivity index (χ0n) is 20.7. The molecule has 8 nitrogen and oxygen atoms in total. The molecule has 200 valence electrons. The minimum absolute atomic E-state index is 0.0167. The predicted molar refractivity (Wildman–Crippen MR) is 142 cm³/mol. The first-order valence-electron chi connectivity index (χ1n) is 12.7. The number of nitrogens with zero attached hydrogens (tertiary/aromatic N) is 1. The highest BCUT2D eigenvalue weighted by atomic mass is 32.2. The predicted octanol–water partition coefficient (Wildman–Crippen LogP) is 5.28. The molecule has 0 amide bonds. The molecule has 1 atom stereocenters. The second kappa shape index (κ2) is 11.3. The quantitative estimate of drug-likeness (QED) is 0.339. The van der Waals surface area contributed by atoms with Gasteiger partial charge < -0.3 is 14.6 Å². The maximum absolute atomic E-state index is 13.6. The van der Waals surface area contributed by atoms with Crippen molar-refractivity contribution in [3.05, 3.63) is 70.9 Å². The zero-order chi connectivity index (χ0) is 26.7. The Morgan fingerprint density at radius 1 is 1.08 bits per heavy atom. The molecule has 0 radical (unpaired) electrons. The molecule has 0 unspecified atom stereocenters. The lowest BCUT2D eigenvalue weighted by molar-refractivity contribution is -0.120. The molecule has 2 aliphatic rings. The van der Waals surface area contributed by atoms with Crippen molar-refractivity contribution < 1.29 is 32.6 Å². The van der Waals surface area contributed by atoms with Crippen LogP contribution in [0.4, 0.5) is 0 Å². The van der Waals surface area contributed by atoms with Crippen LogP contribution in [-0.2, 0) is 25.8 Å². The van der Waals surface area contributed by atoms with Gasteiger partial charge in [0.15, 0.2) is 9.84 Å². The van der Waals surface area contributed by atoms with E-state index in [4.69, 9.17) is 9.47 Å². The number of sulfone groups is 1. The molecule has 1 aliphatic carbocycles. The molecule has 2 heterocycles. The number of aromatic nitrogens is 1. The fourth-order valence-electron chi connectivity index (χ4n) is 4.73. The Morgan fingerprint density at radius 3 is 2.50 bits per heavy atom. The highest BCUT2D eigenvalue weighted by molar-refractivity contribution is 7.92. The van der Waals surface area contributed by atoms with E-state index < -0.39 is 15.8 Å². The summed E-state index contributed by atoms with van der Waals surface area (Å²) in [7, 11) is -3.29. The van der Waals surface area contributed by atoms with Gasteiger partial charge in [0.1, 0.15) is 16.5 Å². The van der Waals surface area contributed by atoms with E-state index in [2.05, 4.69) is 4.98 Å². The van der Waals surface area contributed by atoms with Crippen molar-refractivity contribution >= 4 is 32.9 Å². The van der Waals surface area contributed by atoms with Crippen LogP contribution in [0.15, 0.2) is 59.6 Å². The first-order chi connectivity index (χ1) is 18.3. The van der Waals surface area contributed by atoms with Crippen LogP contribution in [0, 0.1) is 5.92 Å². The minimum Gasteiger partial charge on any atom is -0.478 e. The van der Waals surface area contributed by atoms with Gasteiger partial charge in [0.25, 0.3) is 0 Å². The number of carboxylic acids is 1. The van der Waals surface area contributed by atoms with Gasteiger partial charge >= 0.3 is 5.97 Å². The average Bonchev–Trinajstić information content (AvgIpc) is 3.70. The topological polar surface area (TPSA) is 120 Å². The van der Waals surface area contributed by atoms with Crippen molar-refractivity contribution in [2.75, 3.05) is 13.2 Å². The SMILES string of the molecule is O=C(O)c1cccc(Oc2cnc(CC(=O)[C@H](CC3CCOCC3)c3ccc(S(=O)(=O)C4CC4)cc3)s2)c1. The van der Waals surface area contributed by atoms with Crippen molar-refractivity contribution in [2.45, 2.75) is 54.6 Å². The molecule has 1 aliphatic heterocycles. The van der Waals surface area contributed by atoms with Crippen molar-refractivity contribution in [3.63, 3.8) is 0 Å². The van der Waals surface area contributed by atoms with Gasteiger partial charge in [-0.15, -0.1) is 0 Å². The third-order valence-corrected chi connectivity index (χ3v) is 10.2. The molecular weight excluding hydrogens is 526 g/mol. The Morgan fingerprint density at radius 2 is 1.82 bits per heavy atom. The van der Waals surface area contributed by atoms with Gasteiger partial charge in [-0.3, -0.25) is 4.79 Å². The van der Waals surface area contributed by atoms with E-state index >= 15 is 0 Å². The second-order valence-electron chi connectivity index (χ2n) is 9.81.